The Kier molecular flexibility index (Phi) is 5.14. The highest BCUT2D eigenvalue weighted by molar-refractivity contribution is 5.99. The van der Waals surface area contributed by atoms with Gasteiger partial charge in [-0.05, 0) is 36.4 Å². The summed E-state index contributed by atoms with van der Waals surface area (Å²) in [4.78, 5) is 25.5. The van der Waals surface area contributed by atoms with Crippen LogP contribution in [0.5, 0.6) is 5.75 Å². The highest BCUT2D eigenvalue weighted by Crippen LogP contribution is 2.15. The van der Waals surface area contributed by atoms with E-state index in [1.54, 1.807) is 62.7 Å². The number of amides is 2. The zero-order valence-corrected chi connectivity index (χ0v) is 12.6. The minimum Gasteiger partial charge on any atom is -0.497 e. The number of rotatable bonds is 5. The molecule has 0 aliphatic carbocycles. The summed E-state index contributed by atoms with van der Waals surface area (Å²) in [5.41, 5.74) is 1.22. The van der Waals surface area contributed by atoms with Gasteiger partial charge in [-0.2, -0.15) is 0 Å². The molecule has 0 unspecified atom stereocenters. The van der Waals surface area contributed by atoms with Crippen molar-refractivity contribution < 1.29 is 14.3 Å². The van der Waals surface area contributed by atoms with Gasteiger partial charge in [0.1, 0.15) is 5.75 Å². The summed E-state index contributed by atoms with van der Waals surface area (Å²) in [6, 6.07) is 15.9. The van der Waals surface area contributed by atoms with E-state index < -0.39 is 0 Å². The molecule has 22 heavy (non-hydrogen) atoms. The zero-order valence-electron chi connectivity index (χ0n) is 12.6. The van der Waals surface area contributed by atoms with E-state index in [2.05, 4.69) is 5.32 Å². The first-order valence-corrected chi connectivity index (χ1v) is 6.84. The number of anilines is 1. The molecule has 0 aromatic heterocycles. The van der Waals surface area contributed by atoms with Gasteiger partial charge in [0.2, 0.25) is 5.91 Å². The zero-order chi connectivity index (χ0) is 15.9. The third kappa shape index (κ3) is 4.09. The maximum Gasteiger partial charge on any atom is 0.254 e. The van der Waals surface area contributed by atoms with Crippen LogP contribution < -0.4 is 10.1 Å². The van der Waals surface area contributed by atoms with Crippen molar-refractivity contribution >= 4 is 17.5 Å². The summed E-state index contributed by atoms with van der Waals surface area (Å²) < 4.78 is 5.05. The third-order valence-electron chi connectivity index (χ3n) is 3.12. The Labute approximate surface area is 129 Å². The summed E-state index contributed by atoms with van der Waals surface area (Å²) in [7, 11) is 3.18. The smallest absolute Gasteiger partial charge is 0.254 e. The second-order valence-corrected chi connectivity index (χ2v) is 4.80. The van der Waals surface area contributed by atoms with Gasteiger partial charge in [-0.3, -0.25) is 9.59 Å². The van der Waals surface area contributed by atoms with Crippen LogP contribution in [0.2, 0.25) is 0 Å². The molecule has 0 radical (unpaired) electrons. The fourth-order valence-electron chi connectivity index (χ4n) is 1.96. The summed E-state index contributed by atoms with van der Waals surface area (Å²) in [6.07, 6.45) is 0. The van der Waals surface area contributed by atoms with Crippen LogP contribution in [0, 0.1) is 0 Å². The van der Waals surface area contributed by atoms with Gasteiger partial charge in [-0.25, -0.2) is 0 Å². The van der Waals surface area contributed by atoms with E-state index >= 15 is 0 Å². The Bertz CT molecular complexity index is 639. The van der Waals surface area contributed by atoms with Crippen molar-refractivity contribution in [3.8, 4) is 5.75 Å². The molecule has 114 valence electrons. The molecule has 5 nitrogen and oxygen atoms in total. The molecular formula is C17H18N2O3. The maximum atomic E-state index is 12.1. The van der Waals surface area contributed by atoms with E-state index in [0.29, 0.717) is 11.3 Å². The normalized spacial score (nSPS) is 9.91. The average molecular weight is 298 g/mol. The number of hydrogen-bond acceptors (Lipinski definition) is 3. The summed E-state index contributed by atoms with van der Waals surface area (Å²) >= 11 is 0. The number of ether oxygens (including phenoxy) is 1. The van der Waals surface area contributed by atoms with Crippen molar-refractivity contribution in [3.63, 3.8) is 0 Å². The Balaban J connectivity index is 1.92. The molecule has 0 atom stereocenters. The molecule has 0 saturated carbocycles. The van der Waals surface area contributed by atoms with Gasteiger partial charge in [0.05, 0.1) is 13.7 Å². The third-order valence-corrected chi connectivity index (χ3v) is 3.12. The lowest BCUT2D eigenvalue weighted by Crippen LogP contribution is -2.34. The van der Waals surface area contributed by atoms with Gasteiger partial charge >= 0.3 is 0 Å². The molecule has 1 N–H and O–H groups in total. The molecule has 0 bridgehead atoms. The Morgan fingerprint density at radius 2 is 1.68 bits per heavy atom. The fraction of sp³-hybridized carbons (Fsp3) is 0.176. The molecule has 5 heteroatoms. The van der Waals surface area contributed by atoms with Crippen LogP contribution in [-0.2, 0) is 4.79 Å². The molecule has 0 heterocycles. The predicted octanol–water partition coefficient (Wildman–Crippen LogP) is 2.41. The van der Waals surface area contributed by atoms with Gasteiger partial charge in [-0.1, -0.05) is 18.2 Å². The van der Waals surface area contributed by atoms with Gasteiger partial charge in [-0.15, -0.1) is 0 Å². The molecule has 2 aromatic carbocycles. The maximum absolute atomic E-state index is 12.1. The van der Waals surface area contributed by atoms with Crippen LogP contribution in [0.25, 0.3) is 0 Å². The lowest BCUT2D eigenvalue weighted by molar-refractivity contribution is -0.116. The van der Waals surface area contributed by atoms with E-state index in [1.165, 1.54) is 4.90 Å². The minimum atomic E-state index is -0.253. The molecule has 2 aromatic rings. The quantitative estimate of drug-likeness (QED) is 0.922. The Morgan fingerprint density at radius 1 is 1.05 bits per heavy atom. The van der Waals surface area contributed by atoms with Gasteiger partial charge in [0.15, 0.2) is 0 Å². The van der Waals surface area contributed by atoms with Crippen LogP contribution >= 0.6 is 0 Å². The molecule has 0 fully saturated rings. The van der Waals surface area contributed by atoms with Crippen molar-refractivity contribution in [2.75, 3.05) is 26.0 Å². The van der Waals surface area contributed by atoms with Crippen molar-refractivity contribution in [2.24, 2.45) is 0 Å². The van der Waals surface area contributed by atoms with Crippen LogP contribution in [0.4, 0.5) is 5.69 Å². The van der Waals surface area contributed by atoms with Crippen LogP contribution in [0.3, 0.4) is 0 Å². The fourth-order valence-corrected chi connectivity index (χ4v) is 1.96. The Morgan fingerprint density at radius 3 is 2.27 bits per heavy atom. The Hall–Kier alpha value is -2.82. The summed E-state index contributed by atoms with van der Waals surface area (Å²) in [5.74, 6) is 0.275. The van der Waals surface area contributed by atoms with Gasteiger partial charge in [0.25, 0.3) is 5.91 Å². The van der Waals surface area contributed by atoms with Crippen molar-refractivity contribution in [1.29, 1.82) is 0 Å². The number of nitrogens with one attached hydrogen (secondary N) is 1. The predicted molar refractivity (Wildman–Crippen MR) is 85.0 cm³/mol. The first-order valence-electron chi connectivity index (χ1n) is 6.84. The lowest BCUT2D eigenvalue weighted by atomic mass is 10.2. The first kappa shape index (κ1) is 15.6. The van der Waals surface area contributed by atoms with Crippen LogP contribution in [0.1, 0.15) is 10.4 Å². The highest BCUT2D eigenvalue weighted by Gasteiger charge is 2.14. The number of carbonyl (C=O) groups excluding carboxylic acids is 2. The average Bonchev–Trinajstić information content (AvgIpc) is 2.55. The number of benzene rings is 2. The number of methoxy groups -OCH3 is 1. The van der Waals surface area contributed by atoms with E-state index in [9.17, 15) is 9.59 Å². The van der Waals surface area contributed by atoms with Gasteiger partial charge < -0.3 is 15.0 Å². The molecular weight excluding hydrogens is 280 g/mol. The summed E-state index contributed by atoms with van der Waals surface area (Å²) in [5, 5.41) is 2.74. The highest BCUT2D eigenvalue weighted by atomic mass is 16.5. The molecule has 2 amide bonds. The van der Waals surface area contributed by atoms with E-state index in [0.717, 1.165) is 5.75 Å². The van der Waals surface area contributed by atoms with E-state index in [4.69, 9.17) is 4.74 Å². The first-order chi connectivity index (χ1) is 10.6. The van der Waals surface area contributed by atoms with Crippen molar-refractivity contribution in [2.45, 2.75) is 0 Å². The van der Waals surface area contributed by atoms with E-state index in [1.807, 2.05) is 6.07 Å². The largest absolute Gasteiger partial charge is 0.497 e. The van der Waals surface area contributed by atoms with Crippen molar-refractivity contribution in [3.05, 3.63) is 60.2 Å². The van der Waals surface area contributed by atoms with Crippen molar-refractivity contribution in [1.82, 2.24) is 4.90 Å². The van der Waals surface area contributed by atoms with Crippen LogP contribution in [-0.4, -0.2) is 37.4 Å². The topological polar surface area (TPSA) is 58.6 Å². The summed E-state index contributed by atoms with van der Waals surface area (Å²) in [6.45, 7) is -0.0141. The standard InChI is InChI=1S/C17H18N2O3/c1-19(17(21)13-6-4-3-5-7-13)12-16(20)18-14-8-10-15(22-2)11-9-14/h3-11H,12H2,1-2H3,(H,18,20). The van der Waals surface area contributed by atoms with Gasteiger partial charge in [0, 0.05) is 18.3 Å². The molecule has 0 spiro atoms. The molecule has 0 aliphatic rings. The number of hydrogen-bond donors (Lipinski definition) is 1. The minimum absolute atomic E-state index is 0.0141. The SMILES string of the molecule is COc1ccc(NC(=O)CN(C)C(=O)c2ccccc2)cc1. The monoisotopic (exact) mass is 298 g/mol. The second-order valence-electron chi connectivity index (χ2n) is 4.80. The second kappa shape index (κ2) is 7.26. The molecule has 0 saturated heterocycles. The number of likely N-dealkylation sites (N-methyl/N-ethyl adjacent to an activating group) is 1. The molecule has 2 rings (SSSR count). The molecule has 0 aliphatic heterocycles. The van der Waals surface area contributed by atoms with E-state index in [-0.39, 0.29) is 18.4 Å². The number of nitrogens with zero attached hydrogens (tertiary/aromatic N) is 1. The number of carbonyl (C=O) groups is 2. The van der Waals surface area contributed by atoms with Crippen LogP contribution in [0.15, 0.2) is 54.6 Å². The lowest BCUT2D eigenvalue weighted by Gasteiger charge is -2.17.